The Morgan fingerprint density at radius 2 is 1.78 bits per heavy atom. The predicted molar refractivity (Wildman–Crippen MR) is 40.7 cm³/mol. The summed E-state index contributed by atoms with van der Waals surface area (Å²) in [6.45, 7) is 0. The van der Waals surface area contributed by atoms with E-state index in [-0.39, 0.29) is 12.4 Å². The molecule has 2 heteroatoms. The van der Waals surface area contributed by atoms with Crippen molar-refractivity contribution in [3.05, 3.63) is 0 Å². The van der Waals surface area contributed by atoms with Gasteiger partial charge in [-0.25, -0.2) is 0 Å². The van der Waals surface area contributed by atoms with Crippen LogP contribution in [0, 0.1) is 5.92 Å². The van der Waals surface area contributed by atoms with Gasteiger partial charge < -0.3 is 5.73 Å². The van der Waals surface area contributed by atoms with Gasteiger partial charge in [0, 0.05) is 5.54 Å². The molecular weight excluding hydrogens is 134 g/mol. The van der Waals surface area contributed by atoms with E-state index in [0.29, 0.717) is 5.54 Å². The Bertz CT molecular complexity index is 105. The first-order valence-corrected chi connectivity index (χ1v) is 3.60. The first-order chi connectivity index (χ1) is 3.81. The lowest BCUT2D eigenvalue weighted by Gasteiger charge is -2.38. The fourth-order valence-electron chi connectivity index (χ4n) is 1.65. The maximum absolute atomic E-state index is 6.01. The smallest absolute Gasteiger partial charge is 0.0182 e. The molecule has 0 aromatic rings. The van der Waals surface area contributed by atoms with Crippen molar-refractivity contribution in [1.82, 2.24) is 0 Å². The van der Waals surface area contributed by atoms with Crippen molar-refractivity contribution in [2.75, 3.05) is 0 Å². The topological polar surface area (TPSA) is 26.0 Å². The molecule has 0 aliphatic heterocycles. The maximum Gasteiger partial charge on any atom is 0.0182 e. The van der Waals surface area contributed by atoms with Gasteiger partial charge in [0.05, 0.1) is 0 Å². The van der Waals surface area contributed by atoms with Gasteiger partial charge in [0.2, 0.25) is 0 Å². The van der Waals surface area contributed by atoms with Crippen LogP contribution in [-0.4, -0.2) is 5.54 Å². The Morgan fingerprint density at radius 1 is 1.22 bits per heavy atom. The molecule has 0 amide bonds. The summed E-state index contributed by atoms with van der Waals surface area (Å²) >= 11 is 0. The molecule has 0 heterocycles. The summed E-state index contributed by atoms with van der Waals surface area (Å²) in [5, 5.41) is 0. The van der Waals surface area contributed by atoms with E-state index < -0.39 is 0 Å². The normalized spacial score (nSPS) is 30.3. The van der Waals surface area contributed by atoms with Gasteiger partial charge in [0.15, 0.2) is 0 Å². The van der Waals surface area contributed by atoms with E-state index >= 15 is 0 Å². The SMILES string of the molecule is Cl.NC1(C2CC2)CCC1. The van der Waals surface area contributed by atoms with Gasteiger partial charge in [0.1, 0.15) is 0 Å². The molecule has 9 heavy (non-hydrogen) atoms. The van der Waals surface area contributed by atoms with Gasteiger partial charge in [-0.3, -0.25) is 0 Å². The van der Waals surface area contributed by atoms with Crippen LogP contribution in [0.1, 0.15) is 32.1 Å². The summed E-state index contributed by atoms with van der Waals surface area (Å²) < 4.78 is 0. The Kier molecular flexibility index (Phi) is 1.75. The number of hydrogen-bond donors (Lipinski definition) is 1. The predicted octanol–water partition coefficient (Wildman–Crippen LogP) is 1.70. The molecule has 2 saturated carbocycles. The minimum Gasteiger partial charge on any atom is -0.325 e. The van der Waals surface area contributed by atoms with Crippen LogP contribution in [0.4, 0.5) is 0 Å². The highest BCUT2D eigenvalue weighted by atomic mass is 35.5. The highest BCUT2D eigenvalue weighted by Crippen LogP contribution is 2.48. The van der Waals surface area contributed by atoms with Crippen molar-refractivity contribution in [2.24, 2.45) is 11.7 Å². The molecule has 54 valence electrons. The van der Waals surface area contributed by atoms with Crippen LogP contribution in [0.15, 0.2) is 0 Å². The fourth-order valence-corrected chi connectivity index (χ4v) is 1.65. The molecule has 2 N–H and O–H groups in total. The van der Waals surface area contributed by atoms with Crippen LogP contribution in [-0.2, 0) is 0 Å². The van der Waals surface area contributed by atoms with E-state index in [1.54, 1.807) is 0 Å². The van der Waals surface area contributed by atoms with Crippen molar-refractivity contribution in [3.8, 4) is 0 Å². The number of nitrogens with two attached hydrogens (primary N) is 1. The first kappa shape index (κ1) is 7.36. The quantitative estimate of drug-likeness (QED) is 0.601. The highest BCUT2D eigenvalue weighted by molar-refractivity contribution is 5.85. The largest absolute Gasteiger partial charge is 0.325 e. The van der Waals surface area contributed by atoms with E-state index in [0.717, 1.165) is 5.92 Å². The maximum atomic E-state index is 6.01. The lowest BCUT2D eigenvalue weighted by atomic mass is 9.74. The summed E-state index contributed by atoms with van der Waals surface area (Å²) in [4.78, 5) is 0. The molecular formula is C7H14ClN. The minimum absolute atomic E-state index is 0. The number of halogens is 1. The molecule has 2 aliphatic carbocycles. The van der Waals surface area contributed by atoms with Crippen molar-refractivity contribution >= 4 is 12.4 Å². The first-order valence-electron chi connectivity index (χ1n) is 3.60. The van der Waals surface area contributed by atoms with Gasteiger partial charge in [-0.15, -0.1) is 12.4 Å². The Morgan fingerprint density at radius 3 is 1.89 bits per heavy atom. The summed E-state index contributed by atoms with van der Waals surface area (Å²) in [6, 6.07) is 0. The van der Waals surface area contributed by atoms with E-state index in [1.165, 1.54) is 32.1 Å². The van der Waals surface area contributed by atoms with Crippen LogP contribution in [0.25, 0.3) is 0 Å². The van der Waals surface area contributed by atoms with Crippen molar-refractivity contribution in [1.29, 1.82) is 0 Å². The molecule has 0 bridgehead atoms. The van der Waals surface area contributed by atoms with E-state index in [9.17, 15) is 0 Å². The van der Waals surface area contributed by atoms with Gasteiger partial charge >= 0.3 is 0 Å². The average Bonchev–Trinajstić information content (AvgIpc) is 2.38. The van der Waals surface area contributed by atoms with Crippen molar-refractivity contribution in [3.63, 3.8) is 0 Å². The summed E-state index contributed by atoms with van der Waals surface area (Å²) in [7, 11) is 0. The summed E-state index contributed by atoms with van der Waals surface area (Å²) in [5.41, 5.74) is 6.34. The summed E-state index contributed by atoms with van der Waals surface area (Å²) in [5.74, 6) is 0.927. The van der Waals surface area contributed by atoms with Crippen LogP contribution in [0.3, 0.4) is 0 Å². The molecule has 0 saturated heterocycles. The van der Waals surface area contributed by atoms with Crippen molar-refractivity contribution in [2.45, 2.75) is 37.6 Å². The second kappa shape index (κ2) is 2.14. The van der Waals surface area contributed by atoms with Gasteiger partial charge in [-0.2, -0.15) is 0 Å². The third kappa shape index (κ3) is 1.08. The van der Waals surface area contributed by atoms with Crippen LogP contribution < -0.4 is 5.73 Å². The lowest BCUT2D eigenvalue weighted by molar-refractivity contribution is 0.214. The Labute approximate surface area is 62.4 Å². The highest BCUT2D eigenvalue weighted by Gasteiger charge is 2.45. The monoisotopic (exact) mass is 147 g/mol. The van der Waals surface area contributed by atoms with E-state index in [1.807, 2.05) is 0 Å². The zero-order chi connectivity index (χ0) is 5.61. The second-order valence-electron chi connectivity index (χ2n) is 3.36. The zero-order valence-corrected chi connectivity index (χ0v) is 6.41. The molecule has 2 fully saturated rings. The zero-order valence-electron chi connectivity index (χ0n) is 5.60. The van der Waals surface area contributed by atoms with Gasteiger partial charge in [0.25, 0.3) is 0 Å². The van der Waals surface area contributed by atoms with Crippen LogP contribution in [0.2, 0.25) is 0 Å². The molecule has 0 unspecified atom stereocenters. The van der Waals surface area contributed by atoms with E-state index in [4.69, 9.17) is 5.73 Å². The lowest BCUT2D eigenvalue weighted by Crippen LogP contribution is -2.48. The average molecular weight is 148 g/mol. The molecule has 0 aromatic heterocycles. The van der Waals surface area contributed by atoms with Crippen LogP contribution in [0.5, 0.6) is 0 Å². The molecule has 1 nitrogen and oxygen atoms in total. The molecule has 0 radical (unpaired) electrons. The van der Waals surface area contributed by atoms with E-state index in [2.05, 4.69) is 0 Å². The third-order valence-electron chi connectivity index (χ3n) is 2.67. The molecule has 2 rings (SSSR count). The second-order valence-corrected chi connectivity index (χ2v) is 3.36. The molecule has 2 aliphatic rings. The van der Waals surface area contributed by atoms with Gasteiger partial charge in [-0.1, -0.05) is 0 Å². The van der Waals surface area contributed by atoms with Crippen LogP contribution >= 0.6 is 12.4 Å². The van der Waals surface area contributed by atoms with Gasteiger partial charge in [-0.05, 0) is 38.0 Å². The molecule has 0 atom stereocenters. The molecule has 0 aromatic carbocycles. The fraction of sp³-hybridized carbons (Fsp3) is 1.00. The van der Waals surface area contributed by atoms with Crippen molar-refractivity contribution < 1.29 is 0 Å². The number of hydrogen-bond acceptors (Lipinski definition) is 1. The molecule has 0 spiro atoms. The Balaban J connectivity index is 0.000000405. The summed E-state index contributed by atoms with van der Waals surface area (Å²) in [6.07, 6.45) is 6.81. The standard InChI is InChI=1S/C7H13N.ClH/c8-7(4-1-5-7)6-2-3-6;/h6H,1-5,8H2;1H. The number of rotatable bonds is 1. The minimum atomic E-state index is 0. The Hall–Kier alpha value is 0.250. The third-order valence-corrected chi connectivity index (χ3v) is 2.67.